The van der Waals surface area contributed by atoms with Gasteiger partial charge in [-0.1, -0.05) is 0 Å². The fourth-order valence-electron chi connectivity index (χ4n) is 5.97. The fraction of sp³-hybridized carbons (Fsp3) is 1.00. The number of alkyl halides is 26. The van der Waals surface area contributed by atoms with Crippen molar-refractivity contribution in [2.24, 2.45) is 0 Å². The normalized spacial score (nSPS) is 26.2. The first kappa shape index (κ1) is 58.9. The molecule has 381 valence electrons. The van der Waals surface area contributed by atoms with E-state index in [1.165, 1.54) is 6.55 Å². The van der Waals surface area contributed by atoms with Crippen molar-refractivity contribution >= 4 is 35.0 Å². The van der Waals surface area contributed by atoms with E-state index in [0.717, 1.165) is 19.6 Å². The van der Waals surface area contributed by atoms with Crippen LogP contribution in [0.4, 0.5) is 114 Å². The van der Waals surface area contributed by atoms with Gasteiger partial charge in [0.1, 0.15) is 6.10 Å². The highest BCUT2D eigenvalue weighted by Crippen LogP contribution is 2.62. The van der Waals surface area contributed by atoms with Gasteiger partial charge in [-0.15, -0.1) is 0 Å². The van der Waals surface area contributed by atoms with Crippen LogP contribution in [0.25, 0.3) is 0 Å². The summed E-state index contributed by atoms with van der Waals surface area (Å²) in [5.41, 5.74) is 0. The van der Waals surface area contributed by atoms with Crippen LogP contribution in [0.1, 0.15) is 32.1 Å². The molecule has 6 nitrogen and oxygen atoms in total. The summed E-state index contributed by atoms with van der Waals surface area (Å²) in [4.78, 5) is 0. The van der Waals surface area contributed by atoms with Crippen LogP contribution in [0.2, 0.25) is 44.3 Å². The SMILES string of the molecule is C[Si]1O[Si](C)(CCCOCC2CO2)O[Si](C)(CCCC(F)(F)C(F)(F)C(F)(F)C(F)(F)C(F)(F)C(F)(F)F)O[Si](C)(CCCC(F)(F)C(F)(F)C(F)(F)C(F)(F)C(F)(F)C(F)(F)F)O1. The second-order valence-corrected chi connectivity index (χ2v) is 27.7. The van der Waals surface area contributed by atoms with Gasteiger partial charge in [-0.2, -0.15) is 114 Å². The van der Waals surface area contributed by atoms with Crippen molar-refractivity contribution in [2.45, 2.75) is 154 Å². The predicted molar refractivity (Wildman–Crippen MR) is 170 cm³/mol. The molecular weight excluding hydrogens is 1040 g/mol. The van der Waals surface area contributed by atoms with E-state index in [1.54, 1.807) is 0 Å². The number of ether oxygens (including phenoxy) is 2. The first-order valence-corrected chi connectivity index (χ1v) is 27.1. The van der Waals surface area contributed by atoms with Gasteiger partial charge in [0, 0.05) is 19.4 Å². The maximum atomic E-state index is 14.7. The van der Waals surface area contributed by atoms with Crippen LogP contribution >= 0.6 is 0 Å². The first-order valence-electron chi connectivity index (χ1n) is 17.7. The minimum Gasteiger partial charge on any atom is -0.416 e. The molecule has 4 atom stereocenters. The first-order chi connectivity index (χ1) is 28.0. The van der Waals surface area contributed by atoms with Crippen molar-refractivity contribution in [1.82, 2.24) is 0 Å². The largest absolute Gasteiger partial charge is 0.460 e. The van der Waals surface area contributed by atoms with E-state index in [0.29, 0.717) is 6.61 Å². The van der Waals surface area contributed by atoms with E-state index < -0.39 is 144 Å². The molecular formula is C28H35F26O6Si4. The molecule has 64 heavy (non-hydrogen) atoms. The predicted octanol–water partition coefficient (Wildman–Crippen LogP) is 12.2. The Kier molecular flexibility index (Phi) is 16.8. The molecule has 36 heteroatoms. The van der Waals surface area contributed by atoms with Crippen molar-refractivity contribution in [1.29, 1.82) is 0 Å². The molecule has 0 N–H and O–H groups in total. The summed E-state index contributed by atoms with van der Waals surface area (Å²) >= 11 is 0. The molecule has 2 aliphatic rings. The van der Waals surface area contributed by atoms with Gasteiger partial charge in [-0.25, -0.2) is 0 Å². The van der Waals surface area contributed by atoms with Crippen molar-refractivity contribution in [3.05, 3.63) is 0 Å². The quantitative estimate of drug-likeness (QED) is 0.0466. The molecule has 0 bridgehead atoms. The second-order valence-electron chi connectivity index (χ2n) is 15.1. The number of hydrogen-bond donors (Lipinski definition) is 0. The zero-order valence-electron chi connectivity index (χ0n) is 32.6. The topological polar surface area (TPSA) is 58.7 Å². The van der Waals surface area contributed by atoms with E-state index >= 15 is 0 Å². The molecule has 0 amide bonds. The summed E-state index contributed by atoms with van der Waals surface area (Å²) < 4.78 is 389. The lowest BCUT2D eigenvalue weighted by Crippen LogP contribution is -2.70. The smallest absolute Gasteiger partial charge is 0.416 e. The van der Waals surface area contributed by atoms with Gasteiger partial charge in [0.2, 0.25) is 0 Å². The third-order valence-electron chi connectivity index (χ3n) is 9.45. The summed E-state index contributed by atoms with van der Waals surface area (Å²) in [6.45, 7) is 4.35. The molecule has 1 radical (unpaired) electrons. The minimum absolute atomic E-state index is 0.0157. The maximum Gasteiger partial charge on any atom is 0.460 e. The van der Waals surface area contributed by atoms with Crippen molar-refractivity contribution in [3.63, 3.8) is 0 Å². The van der Waals surface area contributed by atoms with Gasteiger partial charge in [-0.3, -0.25) is 0 Å². The van der Waals surface area contributed by atoms with Gasteiger partial charge >= 0.3 is 107 Å². The number of epoxide rings is 1. The lowest BCUT2D eigenvalue weighted by atomic mass is 9.92. The Morgan fingerprint density at radius 3 is 1.06 bits per heavy atom. The second kappa shape index (κ2) is 18.3. The van der Waals surface area contributed by atoms with Gasteiger partial charge in [-0.05, 0) is 63.6 Å². The monoisotopic (exact) mass is 1070 g/mol. The molecule has 2 aliphatic heterocycles. The van der Waals surface area contributed by atoms with Crippen molar-refractivity contribution in [3.8, 4) is 0 Å². The lowest BCUT2D eigenvalue weighted by molar-refractivity contribution is -0.440. The average molecular weight is 1070 g/mol. The Balaban J connectivity index is 2.45. The molecule has 0 spiro atoms. The molecule has 2 fully saturated rings. The summed E-state index contributed by atoms with van der Waals surface area (Å²) in [6.07, 6.45) is -24.5. The third-order valence-corrected chi connectivity index (χ3v) is 25.9. The fourth-order valence-corrected chi connectivity index (χ4v) is 25.2. The Hall–Kier alpha value is -1.19. The van der Waals surface area contributed by atoms with E-state index in [4.69, 9.17) is 25.9 Å². The Morgan fingerprint density at radius 1 is 0.453 bits per heavy atom. The summed E-state index contributed by atoms with van der Waals surface area (Å²) in [5, 5.41) is 0. The van der Waals surface area contributed by atoms with Crippen LogP contribution < -0.4 is 0 Å². The highest BCUT2D eigenvalue weighted by Gasteiger charge is 2.92. The Labute approximate surface area is 349 Å². The summed E-state index contributed by atoms with van der Waals surface area (Å²) in [7, 11) is -16.1. The summed E-state index contributed by atoms with van der Waals surface area (Å²) in [6, 6.07) is -2.67. The van der Waals surface area contributed by atoms with Crippen LogP contribution in [0.5, 0.6) is 0 Å². The van der Waals surface area contributed by atoms with Crippen LogP contribution in [0.15, 0.2) is 0 Å². The molecule has 2 heterocycles. The zero-order valence-corrected chi connectivity index (χ0v) is 36.6. The standard InChI is InChI=1S/C28H35F26O6Si4/c1-61-57-62(2,11-5-8-17(29,30)19(33,34)21(37,38)23(41,42)25(45,46)27(49,50)51)59-64(4,60-63(3,58-61)13-7-10-55-14-16-15-56-16)12-6-9-18(31,32)20(35,36)22(39,40)24(43,44)26(47,48)28(52,53)54/h16H,5-15H2,1-4H3. The minimum atomic E-state index is -8.21. The Morgan fingerprint density at radius 2 is 0.750 bits per heavy atom. The molecule has 0 aromatic heterocycles. The summed E-state index contributed by atoms with van der Waals surface area (Å²) in [5.74, 6) is -77.2. The number of rotatable bonds is 22. The zero-order chi connectivity index (χ0) is 50.7. The van der Waals surface area contributed by atoms with E-state index in [-0.39, 0.29) is 31.8 Å². The van der Waals surface area contributed by atoms with Gasteiger partial charge in [0.05, 0.1) is 13.2 Å². The average Bonchev–Trinajstić information content (AvgIpc) is 3.89. The van der Waals surface area contributed by atoms with Crippen LogP contribution in [-0.4, -0.2) is 132 Å². The molecule has 0 aromatic carbocycles. The van der Waals surface area contributed by atoms with Crippen LogP contribution in [-0.2, 0) is 25.9 Å². The maximum absolute atomic E-state index is 14.7. The van der Waals surface area contributed by atoms with Crippen LogP contribution in [0.3, 0.4) is 0 Å². The third kappa shape index (κ3) is 11.3. The van der Waals surface area contributed by atoms with E-state index in [1.807, 2.05) is 0 Å². The lowest BCUT2D eigenvalue weighted by Gasteiger charge is -2.46. The van der Waals surface area contributed by atoms with Gasteiger partial charge in [0.15, 0.2) is 0 Å². The molecule has 2 saturated heterocycles. The van der Waals surface area contributed by atoms with Crippen LogP contribution in [0, 0.1) is 0 Å². The molecule has 0 saturated carbocycles. The van der Waals surface area contributed by atoms with Crippen molar-refractivity contribution in [2.75, 3.05) is 19.8 Å². The molecule has 2 rings (SSSR count). The Bertz CT molecular complexity index is 1580. The van der Waals surface area contributed by atoms with Crippen molar-refractivity contribution < 1.29 is 140 Å². The number of hydrogen-bond acceptors (Lipinski definition) is 6. The molecule has 0 aliphatic carbocycles. The highest BCUT2D eigenvalue weighted by molar-refractivity contribution is 6.90. The van der Waals surface area contributed by atoms with E-state index in [9.17, 15) is 114 Å². The number of halogens is 26. The van der Waals surface area contributed by atoms with E-state index in [2.05, 4.69) is 0 Å². The van der Waals surface area contributed by atoms with Gasteiger partial charge < -0.3 is 25.9 Å². The molecule has 4 unspecified atom stereocenters. The van der Waals surface area contributed by atoms with Gasteiger partial charge in [0.25, 0.3) is 0 Å². The molecule has 0 aromatic rings. The highest BCUT2D eigenvalue weighted by atomic mass is 28.5.